The molecule has 5 N–H and O–H groups in total. The molecular weight excluding hydrogens is 340 g/mol. The van der Waals surface area contributed by atoms with Gasteiger partial charge in [-0.15, -0.1) is 0 Å². The SMILES string of the molecule is COc1ccc(Cl)cc1NC(=O)[C@H](C)Sc1nc(N)nc(N)n1. The van der Waals surface area contributed by atoms with E-state index in [0.29, 0.717) is 16.5 Å². The van der Waals surface area contributed by atoms with Gasteiger partial charge in [0.05, 0.1) is 18.0 Å². The second-order valence-electron chi connectivity index (χ2n) is 4.43. The van der Waals surface area contributed by atoms with Crippen LogP contribution >= 0.6 is 23.4 Å². The van der Waals surface area contributed by atoms with Crippen LogP contribution in [-0.2, 0) is 4.79 Å². The van der Waals surface area contributed by atoms with Crippen LogP contribution in [0.5, 0.6) is 5.75 Å². The maximum absolute atomic E-state index is 12.3. The Bertz CT molecular complexity index is 709. The van der Waals surface area contributed by atoms with Crippen molar-refractivity contribution in [2.45, 2.75) is 17.3 Å². The second kappa shape index (κ2) is 7.34. The van der Waals surface area contributed by atoms with Crippen LogP contribution < -0.4 is 21.5 Å². The molecule has 1 heterocycles. The summed E-state index contributed by atoms with van der Waals surface area (Å²) in [7, 11) is 1.51. The van der Waals surface area contributed by atoms with Crippen LogP contribution in [0.15, 0.2) is 23.4 Å². The highest BCUT2D eigenvalue weighted by atomic mass is 35.5. The van der Waals surface area contributed by atoms with Gasteiger partial charge in [0.1, 0.15) is 5.75 Å². The van der Waals surface area contributed by atoms with Crippen molar-refractivity contribution in [2.24, 2.45) is 0 Å². The summed E-state index contributed by atoms with van der Waals surface area (Å²) in [5.41, 5.74) is 11.5. The second-order valence-corrected chi connectivity index (χ2v) is 6.17. The number of halogens is 1. The summed E-state index contributed by atoms with van der Waals surface area (Å²) < 4.78 is 5.18. The molecule has 0 fully saturated rings. The number of hydrogen-bond acceptors (Lipinski definition) is 8. The van der Waals surface area contributed by atoms with Crippen molar-refractivity contribution < 1.29 is 9.53 Å². The highest BCUT2D eigenvalue weighted by Crippen LogP contribution is 2.29. The number of rotatable bonds is 5. The number of anilines is 3. The van der Waals surface area contributed by atoms with Crippen LogP contribution in [0.2, 0.25) is 5.02 Å². The van der Waals surface area contributed by atoms with E-state index in [2.05, 4.69) is 20.3 Å². The van der Waals surface area contributed by atoms with Gasteiger partial charge < -0.3 is 21.5 Å². The fourth-order valence-corrected chi connectivity index (χ4v) is 2.61. The summed E-state index contributed by atoms with van der Waals surface area (Å²) in [6.07, 6.45) is 0. The monoisotopic (exact) mass is 354 g/mol. The average Bonchev–Trinajstić information content (AvgIpc) is 2.46. The molecule has 0 aliphatic rings. The third-order valence-corrected chi connectivity index (χ3v) is 3.92. The first-order valence-electron chi connectivity index (χ1n) is 6.47. The Balaban J connectivity index is 2.09. The minimum absolute atomic E-state index is 0.00381. The molecule has 23 heavy (non-hydrogen) atoms. The van der Waals surface area contributed by atoms with Gasteiger partial charge in [0.2, 0.25) is 17.8 Å². The molecule has 0 aliphatic carbocycles. The number of nitrogens with zero attached hydrogens (tertiary/aromatic N) is 3. The van der Waals surface area contributed by atoms with Gasteiger partial charge in [-0.3, -0.25) is 4.79 Å². The van der Waals surface area contributed by atoms with Gasteiger partial charge in [0.15, 0.2) is 5.16 Å². The minimum Gasteiger partial charge on any atom is -0.495 e. The predicted molar refractivity (Wildman–Crippen MR) is 90.6 cm³/mol. The molecule has 1 atom stereocenters. The molecule has 0 saturated carbocycles. The number of thioether (sulfide) groups is 1. The molecule has 1 aromatic carbocycles. The number of nitrogens with one attached hydrogen (secondary N) is 1. The van der Waals surface area contributed by atoms with E-state index in [-0.39, 0.29) is 23.0 Å². The molecule has 122 valence electrons. The molecule has 0 unspecified atom stereocenters. The number of nitrogen functional groups attached to an aromatic ring is 2. The predicted octanol–water partition coefficient (Wildman–Crippen LogP) is 1.82. The fourth-order valence-electron chi connectivity index (χ4n) is 1.66. The lowest BCUT2D eigenvalue weighted by molar-refractivity contribution is -0.115. The lowest BCUT2D eigenvalue weighted by atomic mass is 10.3. The van der Waals surface area contributed by atoms with Gasteiger partial charge in [0.25, 0.3) is 0 Å². The zero-order chi connectivity index (χ0) is 17.0. The van der Waals surface area contributed by atoms with Crippen LogP contribution in [0.1, 0.15) is 6.92 Å². The van der Waals surface area contributed by atoms with Crippen molar-refractivity contribution >= 4 is 46.9 Å². The normalized spacial score (nSPS) is 11.8. The summed E-state index contributed by atoms with van der Waals surface area (Å²) in [5, 5.41) is 3.01. The Labute approximate surface area is 142 Å². The molecule has 2 rings (SSSR count). The minimum atomic E-state index is -0.500. The smallest absolute Gasteiger partial charge is 0.237 e. The molecule has 10 heteroatoms. The summed E-state index contributed by atoms with van der Waals surface area (Å²) >= 11 is 7.04. The quantitative estimate of drug-likeness (QED) is 0.693. The number of amides is 1. The molecule has 0 aliphatic heterocycles. The van der Waals surface area contributed by atoms with Crippen molar-refractivity contribution in [1.29, 1.82) is 0 Å². The number of methoxy groups -OCH3 is 1. The number of carbonyl (C=O) groups is 1. The molecule has 0 spiro atoms. The first-order valence-corrected chi connectivity index (χ1v) is 7.73. The van der Waals surface area contributed by atoms with E-state index in [0.717, 1.165) is 11.8 Å². The molecule has 1 amide bonds. The van der Waals surface area contributed by atoms with Crippen LogP contribution in [0.4, 0.5) is 17.6 Å². The average molecular weight is 355 g/mol. The Morgan fingerprint density at radius 3 is 2.57 bits per heavy atom. The highest BCUT2D eigenvalue weighted by Gasteiger charge is 2.18. The van der Waals surface area contributed by atoms with E-state index in [1.807, 2.05) is 0 Å². The van der Waals surface area contributed by atoms with Crippen LogP contribution in [0, 0.1) is 0 Å². The summed E-state index contributed by atoms with van der Waals surface area (Å²) in [5.74, 6) is 0.245. The van der Waals surface area contributed by atoms with Gasteiger partial charge >= 0.3 is 0 Å². The van der Waals surface area contributed by atoms with Gasteiger partial charge in [0, 0.05) is 5.02 Å². The van der Waals surface area contributed by atoms with Crippen molar-refractivity contribution in [1.82, 2.24) is 15.0 Å². The standard InChI is InChI=1S/C13H15ClN6O2S/c1-6(23-13-19-11(15)18-12(16)20-13)10(21)17-8-5-7(14)3-4-9(8)22-2/h3-6H,1-2H3,(H,17,21)(H4,15,16,18,19,20)/t6-/m0/s1. The molecule has 8 nitrogen and oxygen atoms in total. The van der Waals surface area contributed by atoms with E-state index in [1.165, 1.54) is 7.11 Å². The van der Waals surface area contributed by atoms with E-state index >= 15 is 0 Å². The number of carbonyl (C=O) groups excluding carboxylic acids is 1. The fraction of sp³-hybridized carbons (Fsp3) is 0.231. The lowest BCUT2D eigenvalue weighted by Gasteiger charge is -2.14. The maximum atomic E-state index is 12.3. The molecule has 2 aromatic rings. The Hall–Kier alpha value is -2.26. The molecule has 0 radical (unpaired) electrons. The van der Waals surface area contributed by atoms with E-state index in [9.17, 15) is 4.79 Å². The zero-order valence-electron chi connectivity index (χ0n) is 12.4. The topological polar surface area (TPSA) is 129 Å². The van der Waals surface area contributed by atoms with Crippen molar-refractivity contribution in [3.8, 4) is 5.75 Å². The molecular formula is C13H15ClN6O2S. The van der Waals surface area contributed by atoms with E-state index in [4.69, 9.17) is 27.8 Å². The Morgan fingerprint density at radius 2 is 1.96 bits per heavy atom. The maximum Gasteiger partial charge on any atom is 0.237 e. The summed E-state index contributed by atoms with van der Waals surface area (Å²) in [4.78, 5) is 23.8. The van der Waals surface area contributed by atoms with Crippen molar-refractivity contribution in [3.05, 3.63) is 23.2 Å². The van der Waals surface area contributed by atoms with E-state index < -0.39 is 5.25 Å². The molecule has 0 bridgehead atoms. The Kier molecular flexibility index (Phi) is 5.45. The number of aromatic nitrogens is 3. The van der Waals surface area contributed by atoms with E-state index in [1.54, 1.807) is 25.1 Å². The molecule has 0 saturated heterocycles. The van der Waals surface area contributed by atoms with Crippen molar-refractivity contribution in [3.63, 3.8) is 0 Å². The first-order chi connectivity index (χ1) is 10.9. The number of nitrogens with two attached hydrogens (primary N) is 2. The third-order valence-electron chi connectivity index (χ3n) is 2.72. The largest absolute Gasteiger partial charge is 0.495 e. The van der Waals surface area contributed by atoms with Crippen LogP contribution in [-0.4, -0.2) is 33.2 Å². The highest BCUT2D eigenvalue weighted by molar-refractivity contribution is 8.00. The van der Waals surface area contributed by atoms with Gasteiger partial charge in [-0.25, -0.2) is 0 Å². The van der Waals surface area contributed by atoms with Gasteiger partial charge in [-0.1, -0.05) is 23.4 Å². The van der Waals surface area contributed by atoms with Crippen molar-refractivity contribution in [2.75, 3.05) is 23.9 Å². The number of benzene rings is 1. The molecule has 1 aromatic heterocycles. The third kappa shape index (κ3) is 4.60. The lowest BCUT2D eigenvalue weighted by Crippen LogP contribution is -2.23. The van der Waals surface area contributed by atoms with Gasteiger partial charge in [-0.05, 0) is 25.1 Å². The Morgan fingerprint density at radius 1 is 1.30 bits per heavy atom. The first kappa shape index (κ1) is 17.1. The van der Waals surface area contributed by atoms with Crippen LogP contribution in [0.25, 0.3) is 0 Å². The van der Waals surface area contributed by atoms with Crippen LogP contribution in [0.3, 0.4) is 0 Å². The zero-order valence-corrected chi connectivity index (χ0v) is 14.0. The number of ether oxygens (including phenoxy) is 1. The summed E-state index contributed by atoms with van der Waals surface area (Å²) in [6, 6.07) is 4.95. The van der Waals surface area contributed by atoms with Gasteiger partial charge in [-0.2, -0.15) is 15.0 Å². The summed E-state index contributed by atoms with van der Waals surface area (Å²) in [6.45, 7) is 1.70. The number of hydrogen-bond donors (Lipinski definition) is 3.